The first-order valence-corrected chi connectivity index (χ1v) is 8.12. The Kier molecular flexibility index (Phi) is 4.58. The Hall–Kier alpha value is -1.06. The zero-order chi connectivity index (χ0) is 13.8. The maximum atomic E-state index is 5.89. The van der Waals surface area contributed by atoms with Crippen molar-refractivity contribution in [2.75, 3.05) is 31.9 Å². The Morgan fingerprint density at radius 3 is 2.70 bits per heavy atom. The summed E-state index contributed by atoms with van der Waals surface area (Å²) in [5.41, 5.74) is 8.13. The molecule has 1 unspecified atom stereocenters. The Morgan fingerprint density at radius 2 is 1.90 bits per heavy atom. The van der Waals surface area contributed by atoms with E-state index in [0.717, 1.165) is 18.3 Å². The highest BCUT2D eigenvalue weighted by Gasteiger charge is 2.26. The van der Waals surface area contributed by atoms with E-state index in [2.05, 4.69) is 28.0 Å². The van der Waals surface area contributed by atoms with E-state index >= 15 is 0 Å². The highest BCUT2D eigenvalue weighted by atomic mass is 15.2. The maximum Gasteiger partial charge on any atom is 0.0317 e. The molecule has 0 aliphatic carbocycles. The summed E-state index contributed by atoms with van der Waals surface area (Å²) in [6.45, 7) is 6.18. The van der Waals surface area contributed by atoms with Crippen LogP contribution in [0.4, 0.5) is 5.69 Å². The molecule has 2 N–H and O–H groups in total. The summed E-state index contributed by atoms with van der Waals surface area (Å²) in [6.07, 6.45) is 6.91. The smallest absolute Gasteiger partial charge is 0.0317 e. The predicted molar refractivity (Wildman–Crippen MR) is 84.6 cm³/mol. The molecule has 2 fully saturated rings. The van der Waals surface area contributed by atoms with Gasteiger partial charge in [-0.2, -0.15) is 0 Å². The van der Waals surface area contributed by atoms with Crippen molar-refractivity contribution >= 4 is 5.69 Å². The van der Waals surface area contributed by atoms with E-state index in [-0.39, 0.29) is 0 Å². The maximum absolute atomic E-state index is 5.89. The summed E-state index contributed by atoms with van der Waals surface area (Å²) < 4.78 is 0. The lowest BCUT2D eigenvalue weighted by Crippen LogP contribution is -2.42. The normalized spacial score (nSPS) is 25.1. The molecule has 3 heteroatoms. The standard InChI is InChI=1S/C17H27N3/c18-16-7-4-6-15(12-16)13-20-11-5-8-17(20)14-19-9-2-1-3-10-19/h4,6-7,12,17H,1-3,5,8-11,13-14,18H2. The molecule has 0 bridgehead atoms. The number of nitrogens with two attached hydrogens (primary N) is 1. The minimum absolute atomic E-state index is 0.745. The fourth-order valence-corrected chi connectivity index (χ4v) is 3.68. The Bertz CT molecular complexity index is 426. The van der Waals surface area contributed by atoms with Gasteiger partial charge in [-0.25, -0.2) is 0 Å². The monoisotopic (exact) mass is 273 g/mol. The van der Waals surface area contributed by atoms with E-state index in [1.165, 1.54) is 63.8 Å². The van der Waals surface area contributed by atoms with Crippen LogP contribution in [0.3, 0.4) is 0 Å². The molecule has 1 aromatic rings. The number of likely N-dealkylation sites (tertiary alicyclic amines) is 2. The second-order valence-electron chi connectivity index (χ2n) is 6.37. The lowest BCUT2D eigenvalue weighted by molar-refractivity contribution is 0.149. The van der Waals surface area contributed by atoms with E-state index in [9.17, 15) is 0 Å². The molecular formula is C17H27N3. The summed E-state index contributed by atoms with van der Waals surface area (Å²) in [7, 11) is 0. The van der Waals surface area contributed by atoms with Crippen LogP contribution in [0.25, 0.3) is 0 Å². The van der Waals surface area contributed by atoms with Gasteiger partial charge in [-0.3, -0.25) is 4.90 Å². The van der Waals surface area contributed by atoms with Crippen LogP contribution in [-0.2, 0) is 6.54 Å². The molecule has 2 aliphatic heterocycles. The number of hydrogen-bond donors (Lipinski definition) is 1. The van der Waals surface area contributed by atoms with Crippen LogP contribution in [0, 0.1) is 0 Å². The molecule has 0 amide bonds. The quantitative estimate of drug-likeness (QED) is 0.856. The van der Waals surface area contributed by atoms with E-state index in [1.54, 1.807) is 0 Å². The molecule has 3 rings (SSSR count). The minimum atomic E-state index is 0.745. The lowest BCUT2D eigenvalue weighted by Gasteiger charge is -2.33. The van der Waals surface area contributed by atoms with Crippen LogP contribution in [0.1, 0.15) is 37.7 Å². The molecule has 1 aromatic carbocycles. The SMILES string of the molecule is Nc1cccc(CN2CCCC2CN2CCCCC2)c1. The number of hydrogen-bond acceptors (Lipinski definition) is 3. The first-order valence-electron chi connectivity index (χ1n) is 8.12. The fourth-order valence-electron chi connectivity index (χ4n) is 3.68. The highest BCUT2D eigenvalue weighted by molar-refractivity contribution is 5.40. The Balaban J connectivity index is 1.57. The molecular weight excluding hydrogens is 246 g/mol. The van der Waals surface area contributed by atoms with Gasteiger partial charge in [0.1, 0.15) is 0 Å². The van der Waals surface area contributed by atoms with E-state index in [4.69, 9.17) is 5.73 Å². The van der Waals surface area contributed by atoms with Crippen molar-refractivity contribution in [2.24, 2.45) is 0 Å². The van der Waals surface area contributed by atoms with Crippen LogP contribution in [0.15, 0.2) is 24.3 Å². The number of nitrogens with zero attached hydrogens (tertiary/aromatic N) is 2. The van der Waals surface area contributed by atoms with Gasteiger partial charge in [0.05, 0.1) is 0 Å². The van der Waals surface area contributed by atoms with Gasteiger partial charge in [0.15, 0.2) is 0 Å². The number of nitrogen functional groups attached to an aromatic ring is 1. The third-order valence-corrected chi connectivity index (χ3v) is 4.75. The highest BCUT2D eigenvalue weighted by Crippen LogP contribution is 2.22. The summed E-state index contributed by atoms with van der Waals surface area (Å²) in [6, 6.07) is 9.11. The molecule has 0 saturated carbocycles. The molecule has 20 heavy (non-hydrogen) atoms. The predicted octanol–water partition coefficient (Wildman–Crippen LogP) is 2.72. The van der Waals surface area contributed by atoms with E-state index in [0.29, 0.717) is 0 Å². The van der Waals surface area contributed by atoms with Gasteiger partial charge in [-0.05, 0) is 63.0 Å². The minimum Gasteiger partial charge on any atom is -0.399 e. The number of anilines is 1. The Morgan fingerprint density at radius 1 is 1.05 bits per heavy atom. The molecule has 0 aromatic heterocycles. The zero-order valence-corrected chi connectivity index (χ0v) is 12.4. The second kappa shape index (κ2) is 6.59. The van der Waals surface area contributed by atoms with E-state index in [1.807, 2.05) is 6.07 Å². The summed E-state index contributed by atoms with van der Waals surface area (Å²) in [5.74, 6) is 0. The Labute approximate surface area is 122 Å². The van der Waals surface area contributed by atoms with Gasteiger partial charge >= 0.3 is 0 Å². The van der Waals surface area contributed by atoms with Crippen molar-refractivity contribution in [1.82, 2.24) is 9.80 Å². The lowest BCUT2D eigenvalue weighted by atomic mass is 10.1. The molecule has 3 nitrogen and oxygen atoms in total. The van der Waals surface area contributed by atoms with Crippen molar-refractivity contribution in [2.45, 2.75) is 44.7 Å². The first-order chi connectivity index (χ1) is 9.81. The average Bonchev–Trinajstić information content (AvgIpc) is 2.87. The molecule has 1 atom stereocenters. The van der Waals surface area contributed by atoms with Gasteiger partial charge in [0, 0.05) is 24.8 Å². The summed E-state index contributed by atoms with van der Waals surface area (Å²) >= 11 is 0. The van der Waals surface area contributed by atoms with Gasteiger partial charge < -0.3 is 10.6 Å². The second-order valence-corrected chi connectivity index (χ2v) is 6.37. The van der Waals surface area contributed by atoms with Crippen LogP contribution >= 0.6 is 0 Å². The molecule has 0 radical (unpaired) electrons. The molecule has 0 spiro atoms. The summed E-state index contributed by atoms with van der Waals surface area (Å²) in [5, 5.41) is 0. The fraction of sp³-hybridized carbons (Fsp3) is 0.647. The average molecular weight is 273 g/mol. The van der Waals surface area contributed by atoms with Crippen LogP contribution in [0.2, 0.25) is 0 Å². The molecule has 2 aliphatic rings. The van der Waals surface area contributed by atoms with E-state index < -0.39 is 0 Å². The number of piperidine rings is 1. The van der Waals surface area contributed by atoms with Crippen molar-refractivity contribution in [3.63, 3.8) is 0 Å². The van der Waals surface area contributed by atoms with Gasteiger partial charge in [-0.15, -0.1) is 0 Å². The topological polar surface area (TPSA) is 32.5 Å². The largest absolute Gasteiger partial charge is 0.399 e. The molecule has 2 heterocycles. The van der Waals surface area contributed by atoms with Crippen molar-refractivity contribution in [3.05, 3.63) is 29.8 Å². The molecule has 110 valence electrons. The number of rotatable bonds is 4. The van der Waals surface area contributed by atoms with Gasteiger partial charge in [0.2, 0.25) is 0 Å². The van der Waals surface area contributed by atoms with Crippen molar-refractivity contribution < 1.29 is 0 Å². The first kappa shape index (κ1) is 13.9. The third-order valence-electron chi connectivity index (χ3n) is 4.75. The van der Waals surface area contributed by atoms with Crippen LogP contribution in [0.5, 0.6) is 0 Å². The zero-order valence-electron chi connectivity index (χ0n) is 12.4. The van der Waals surface area contributed by atoms with Crippen molar-refractivity contribution in [1.29, 1.82) is 0 Å². The van der Waals surface area contributed by atoms with Crippen LogP contribution < -0.4 is 5.73 Å². The summed E-state index contributed by atoms with van der Waals surface area (Å²) in [4.78, 5) is 5.33. The van der Waals surface area contributed by atoms with Gasteiger partial charge in [0.25, 0.3) is 0 Å². The molecule has 2 saturated heterocycles. The third kappa shape index (κ3) is 3.53. The number of benzene rings is 1. The van der Waals surface area contributed by atoms with Gasteiger partial charge in [-0.1, -0.05) is 18.6 Å². The van der Waals surface area contributed by atoms with Crippen molar-refractivity contribution in [3.8, 4) is 0 Å². The van der Waals surface area contributed by atoms with Crippen LogP contribution in [-0.4, -0.2) is 42.0 Å².